The molecule has 1 fully saturated rings. The topological polar surface area (TPSA) is 65.7 Å². The molecule has 7 heteroatoms. The zero-order chi connectivity index (χ0) is 19.2. The van der Waals surface area contributed by atoms with Crippen LogP contribution in [0.1, 0.15) is 72.5 Å². The minimum Gasteiger partial charge on any atom is -0.443 e. The molecule has 1 aromatic rings. The number of piperidine rings is 1. The second-order valence-corrected chi connectivity index (χ2v) is 8.78. The number of halogens is 1. The second kappa shape index (κ2) is 10.6. The van der Waals surface area contributed by atoms with Crippen LogP contribution in [0.2, 0.25) is 0 Å². The number of likely N-dealkylation sites (tertiary alicyclic amines) is 1. The number of hydrogen-bond donors (Lipinski definition) is 2. The summed E-state index contributed by atoms with van der Waals surface area (Å²) in [5.74, 6) is 2.36. The lowest BCUT2D eigenvalue weighted by atomic mass is 9.94. The van der Waals surface area contributed by atoms with Crippen LogP contribution < -0.4 is 10.6 Å². The average molecular weight is 491 g/mol. The fourth-order valence-electron chi connectivity index (χ4n) is 3.13. The summed E-state index contributed by atoms with van der Waals surface area (Å²) in [6, 6.07) is 0. The third-order valence-corrected chi connectivity index (χ3v) is 4.91. The lowest BCUT2D eigenvalue weighted by Gasteiger charge is -2.41. The van der Waals surface area contributed by atoms with E-state index in [0.29, 0.717) is 12.4 Å². The van der Waals surface area contributed by atoms with Crippen LogP contribution >= 0.6 is 24.0 Å². The van der Waals surface area contributed by atoms with Crippen LogP contribution in [0, 0.1) is 0 Å². The summed E-state index contributed by atoms with van der Waals surface area (Å²) in [7, 11) is 0. The van der Waals surface area contributed by atoms with E-state index in [-0.39, 0.29) is 34.9 Å². The minimum atomic E-state index is -0.0316. The highest BCUT2D eigenvalue weighted by atomic mass is 127. The predicted molar refractivity (Wildman–Crippen MR) is 123 cm³/mol. The highest BCUT2D eigenvalue weighted by Crippen LogP contribution is 2.23. The molecule has 6 nitrogen and oxygen atoms in total. The van der Waals surface area contributed by atoms with Crippen molar-refractivity contribution >= 4 is 29.9 Å². The Morgan fingerprint density at radius 2 is 1.81 bits per heavy atom. The zero-order valence-electron chi connectivity index (χ0n) is 17.9. The Hall–Kier alpha value is -0.830. The first-order valence-corrected chi connectivity index (χ1v) is 9.95. The maximum absolute atomic E-state index is 5.84. The molecular formula is C20H38IN5O. The largest absolute Gasteiger partial charge is 0.443 e. The van der Waals surface area contributed by atoms with Crippen LogP contribution in [0.25, 0.3) is 0 Å². The van der Waals surface area contributed by atoms with Crippen LogP contribution in [0.4, 0.5) is 0 Å². The molecular weight excluding hydrogens is 453 g/mol. The number of rotatable bonds is 6. The van der Waals surface area contributed by atoms with E-state index in [1.165, 1.54) is 32.4 Å². The summed E-state index contributed by atoms with van der Waals surface area (Å²) >= 11 is 0. The van der Waals surface area contributed by atoms with Crippen molar-refractivity contribution in [3.8, 4) is 0 Å². The monoisotopic (exact) mass is 491 g/mol. The fraction of sp³-hybridized carbons (Fsp3) is 0.800. The first kappa shape index (κ1) is 24.2. The van der Waals surface area contributed by atoms with Gasteiger partial charge in [-0.2, -0.15) is 0 Å². The van der Waals surface area contributed by atoms with Crippen molar-refractivity contribution in [2.75, 3.05) is 26.2 Å². The molecule has 0 spiro atoms. The Bertz CT molecular complexity index is 585. The zero-order valence-corrected chi connectivity index (χ0v) is 20.2. The molecule has 1 aromatic heterocycles. The molecule has 2 N–H and O–H groups in total. The predicted octanol–water partition coefficient (Wildman–Crippen LogP) is 3.91. The number of nitrogens with zero attached hydrogens (tertiary/aromatic N) is 3. The first-order valence-electron chi connectivity index (χ1n) is 9.95. The molecule has 0 saturated carbocycles. The normalized spacial score (nSPS) is 16.7. The van der Waals surface area contributed by atoms with Crippen molar-refractivity contribution in [2.24, 2.45) is 4.99 Å². The highest BCUT2D eigenvalue weighted by Gasteiger charge is 2.28. The van der Waals surface area contributed by atoms with Gasteiger partial charge in [0.1, 0.15) is 12.3 Å². The quantitative estimate of drug-likeness (QED) is 0.359. The Morgan fingerprint density at radius 1 is 1.15 bits per heavy atom. The smallest absolute Gasteiger partial charge is 0.216 e. The lowest BCUT2D eigenvalue weighted by Crippen LogP contribution is -2.54. The van der Waals surface area contributed by atoms with Crippen LogP contribution in [0.5, 0.6) is 0 Å². The van der Waals surface area contributed by atoms with Crippen LogP contribution in [0.3, 0.4) is 0 Å². The van der Waals surface area contributed by atoms with E-state index in [9.17, 15) is 0 Å². The third-order valence-electron chi connectivity index (χ3n) is 4.91. The van der Waals surface area contributed by atoms with Gasteiger partial charge in [-0.05, 0) is 46.7 Å². The summed E-state index contributed by atoms with van der Waals surface area (Å²) in [6.45, 7) is 17.6. The molecule has 27 heavy (non-hydrogen) atoms. The third kappa shape index (κ3) is 7.60. The van der Waals surface area contributed by atoms with Crippen LogP contribution in [0.15, 0.2) is 15.6 Å². The standard InChI is InChI=1S/C20H37N5O.HI/c1-7-21-18(23-14-17-22-13-16(26-17)19(2,3)4)24-15-20(5,6)25-11-9-8-10-12-25;/h13H,7-12,14-15H2,1-6H3,(H2,21,23,24);1H. The number of nitrogens with one attached hydrogen (secondary N) is 2. The summed E-state index contributed by atoms with van der Waals surface area (Å²) in [5.41, 5.74) is 0.0785. The van der Waals surface area contributed by atoms with E-state index >= 15 is 0 Å². The van der Waals surface area contributed by atoms with Crippen molar-refractivity contribution in [1.82, 2.24) is 20.5 Å². The minimum absolute atomic E-state index is 0. The summed E-state index contributed by atoms with van der Waals surface area (Å²) in [6.07, 6.45) is 5.77. The molecule has 2 heterocycles. The van der Waals surface area contributed by atoms with Gasteiger partial charge in [0, 0.05) is 24.0 Å². The summed E-state index contributed by atoms with van der Waals surface area (Å²) < 4.78 is 5.84. The molecule has 0 aromatic carbocycles. The Balaban J connectivity index is 0.00000364. The molecule has 0 radical (unpaired) electrons. The molecule has 0 aliphatic carbocycles. The number of guanidine groups is 1. The van der Waals surface area contributed by atoms with Gasteiger partial charge < -0.3 is 15.1 Å². The maximum atomic E-state index is 5.84. The van der Waals surface area contributed by atoms with Gasteiger partial charge in [-0.15, -0.1) is 24.0 Å². The Labute approximate surface area is 182 Å². The van der Waals surface area contributed by atoms with Crippen molar-refractivity contribution in [3.05, 3.63) is 17.8 Å². The Morgan fingerprint density at radius 3 is 2.37 bits per heavy atom. The van der Waals surface area contributed by atoms with E-state index in [1.807, 2.05) is 6.20 Å². The van der Waals surface area contributed by atoms with Gasteiger partial charge in [-0.1, -0.05) is 27.2 Å². The molecule has 1 aliphatic rings. The van der Waals surface area contributed by atoms with E-state index in [1.54, 1.807) is 0 Å². The molecule has 1 aliphatic heterocycles. The van der Waals surface area contributed by atoms with E-state index < -0.39 is 0 Å². The maximum Gasteiger partial charge on any atom is 0.216 e. The number of aromatic nitrogens is 1. The van der Waals surface area contributed by atoms with Crippen molar-refractivity contribution in [1.29, 1.82) is 0 Å². The molecule has 0 amide bonds. The van der Waals surface area contributed by atoms with Gasteiger partial charge in [0.2, 0.25) is 5.89 Å². The van der Waals surface area contributed by atoms with Gasteiger partial charge in [-0.25, -0.2) is 9.98 Å². The molecule has 1 saturated heterocycles. The van der Waals surface area contributed by atoms with Crippen molar-refractivity contribution in [3.63, 3.8) is 0 Å². The van der Waals surface area contributed by atoms with Gasteiger partial charge in [0.25, 0.3) is 0 Å². The van der Waals surface area contributed by atoms with Crippen LogP contribution in [-0.2, 0) is 12.0 Å². The molecule has 156 valence electrons. The van der Waals surface area contributed by atoms with E-state index in [2.05, 4.69) is 67.1 Å². The second-order valence-electron chi connectivity index (χ2n) is 8.78. The number of oxazole rings is 1. The van der Waals surface area contributed by atoms with Crippen LogP contribution in [-0.4, -0.2) is 47.6 Å². The SMILES string of the molecule is CCNC(=NCc1ncc(C(C)(C)C)o1)NCC(C)(C)N1CCCCC1.I. The number of hydrogen-bond acceptors (Lipinski definition) is 4. The molecule has 0 atom stereocenters. The van der Waals surface area contributed by atoms with E-state index in [0.717, 1.165) is 24.8 Å². The van der Waals surface area contributed by atoms with Gasteiger partial charge in [0.15, 0.2) is 5.96 Å². The van der Waals surface area contributed by atoms with E-state index in [4.69, 9.17) is 4.42 Å². The van der Waals surface area contributed by atoms with Gasteiger partial charge in [-0.3, -0.25) is 4.90 Å². The van der Waals surface area contributed by atoms with Crippen molar-refractivity contribution in [2.45, 2.75) is 78.3 Å². The molecule has 2 rings (SSSR count). The summed E-state index contributed by atoms with van der Waals surface area (Å²) in [5, 5.41) is 6.81. The Kier molecular flexibility index (Phi) is 9.54. The highest BCUT2D eigenvalue weighted by molar-refractivity contribution is 14.0. The number of aliphatic imine (C=N–C) groups is 1. The summed E-state index contributed by atoms with van der Waals surface area (Å²) in [4.78, 5) is 11.6. The average Bonchev–Trinajstić information content (AvgIpc) is 3.07. The first-order chi connectivity index (χ1) is 12.2. The lowest BCUT2D eigenvalue weighted by molar-refractivity contribution is 0.0982. The fourth-order valence-corrected chi connectivity index (χ4v) is 3.13. The molecule has 0 unspecified atom stereocenters. The van der Waals surface area contributed by atoms with Gasteiger partial charge in [0.05, 0.1) is 6.20 Å². The van der Waals surface area contributed by atoms with Crippen molar-refractivity contribution < 1.29 is 4.42 Å². The van der Waals surface area contributed by atoms with Gasteiger partial charge >= 0.3 is 0 Å². The molecule has 0 bridgehead atoms.